The van der Waals surface area contributed by atoms with Crippen LogP contribution in [0.1, 0.15) is 30.5 Å². The molecule has 0 radical (unpaired) electrons. The number of carbonyl (C=O) groups excluding carboxylic acids is 1. The molecule has 4 aromatic carbocycles. The van der Waals surface area contributed by atoms with Crippen molar-refractivity contribution in [3.8, 4) is 5.75 Å². The second-order valence-corrected chi connectivity index (χ2v) is 12.4. The molecule has 1 aliphatic heterocycles. The van der Waals surface area contributed by atoms with Crippen LogP contribution in [0.2, 0.25) is 0 Å². The van der Waals surface area contributed by atoms with Gasteiger partial charge in [0.15, 0.2) is 21.3 Å². The normalized spacial score (nSPS) is 13.0. The Kier molecular flexibility index (Phi) is 6.87. The topological polar surface area (TPSA) is 35.5 Å². The van der Waals surface area contributed by atoms with Crippen LogP contribution in [0, 0.1) is 13.8 Å². The Bertz CT molecular complexity index is 1340. The molecule has 5 rings (SSSR count). The van der Waals surface area contributed by atoms with Crippen LogP contribution < -0.4 is 4.74 Å². The number of hydrogen-bond acceptors (Lipinski definition) is 4. The molecule has 4 aromatic rings. The van der Waals surface area contributed by atoms with E-state index in [0.717, 1.165) is 22.4 Å². The Morgan fingerprint density at radius 1 is 0.806 bits per heavy atom. The third kappa shape index (κ3) is 4.91. The fraction of sp³-hybridized carbons (Fsp3) is 0.194. The SMILES string of the molecule is Cc1cc([S+]2c3ccccc3Sc3ccccc32)cc(C)c1OCC(=O)OC(C)(C)c1ccccc1. The lowest BCUT2D eigenvalue weighted by Gasteiger charge is -2.26. The molecule has 0 bridgehead atoms. The minimum absolute atomic E-state index is 0.134. The lowest BCUT2D eigenvalue weighted by molar-refractivity contribution is -0.159. The van der Waals surface area contributed by atoms with Crippen LogP contribution in [0.4, 0.5) is 0 Å². The predicted molar refractivity (Wildman–Crippen MR) is 146 cm³/mol. The fourth-order valence-electron chi connectivity index (χ4n) is 4.50. The van der Waals surface area contributed by atoms with E-state index in [1.165, 1.54) is 24.5 Å². The second kappa shape index (κ2) is 10.1. The quantitative estimate of drug-likeness (QED) is 0.172. The first-order chi connectivity index (χ1) is 17.3. The lowest BCUT2D eigenvalue weighted by Crippen LogP contribution is -2.28. The zero-order valence-corrected chi connectivity index (χ0v) is 22.5. The molecule has 3 nitrogen and oxygen atoms in total. The van der Waals surface area contributed by atoms with Gasteiger partial charge in [0, 0.05) is 12.1 Å². The number of fused-ring (bicyclic) bond motifs is 2. The second-order valence-electron chi connectivity index (χ2n) is 9.33. The van der Waals surface area contributed by atoms with Gasteiger partial charge in [-0.05, 0) is 68.7 Å². The highest BCUT2D eigenvalue weighted by atomic mass is 32.2. The van der Waals surface area contributed by atoms with Crippen LogP contribution in [0.3, 0.4) is 0 Å². The molecule has 5 heteroatoms. The van der Waals surface area contributed by atoms with Gasteiger partial charge < -0.3 is 9.47 Å². The van der Waals surface area contributed by atoms with E-state index in [4.69, 9.17) is 9.47 Å². The summed E-state index contributed by atoms with van der Waals surface area (Å²) < 4.78 is 11.8. The van der Waals surface area contributed by atoms with Crippen molar-refractivity contribution < 1.29 is 14.3 Å². The van der Waals surface area contributed by atoms with Gasteiger partial charge in [0.05, 0.1) is 9.79 Å². The highest BCUT2D eigenvalue weighted by Gasteiger charge is 2.38. The first-order valence-corrected chi connectivity index (χ1v) is 14.0. The molecule has 0 atom stereocenters. The number of esters is 1. The van der Waals surface area contributed by atoms with Crippen molar-refractivity contribution in [1.29, 1.82) is 0 Å². The van der Waals surface area contributed by atoms with E-state index in [1.54, 1.807) is 0 Å². The number of aryl methyl sites for hydroxylation is 2. The lowest BCUT2D eigenvalue weighted by atomic mass is 9.98. The summed E-state index contributed by atoms with van der Waals surface area (Å²) in [7, 11) is -0.202. The average Bonchev–Trinajstić information content (AvgIpc) is 2.87. The van der Waals surface area contributed by atoms with Gasteiger partial charge in [0.1, 0.15) is 22.2 Å². The van der Waals surface area contributed by atoms with Crippen LogP contribution in [0.5, 0.6) is 5.75 Å². The van der Waals surface area contributed by atoms with Crippen LogP contribution in [0.15, 0.2) is 115 Å². The molecule has 0 aromatic heterocycles. The summed E-state index contributed by atoms with van der Waals surface area (Å²) in [6.45, 7) is 7.75. The zero-order chi connectivity index (χ0) is 25.3. The van der Waals surface area contributed by atoms with Gasteiger partial charge in [-0.3, -0.25) is 0 Å². The number of ether oxygens (including phenoxy) is 2. The van der Waals surface area contributed by atoms with Gasteiger partial charge in [0.25, 0.3) is 0 Å². The fourth-order valence-corrected chi connectivity index (χ4v) is 8.42. The monoisotopic (exact) mass is 513 g/mol. The highest BCUT2D eigenvalue weighted by Crippen LogP contribution is 2.48. The van der Waals surface area contributed by atoms with Crippen molar-refractivity contribution in [2.75, 3.05) is 6.61 Å². The van der Waals surface area contributed by atoms with Crippen LogP contribution >= 0.6 is 11.8 Å². The van der Waals surface area contributed by atoms with E-state index in [-0.39, 0.29) is 23.5 Å². The molecule has 0 fully saturated rings. The first-order valence-electron chi connectivity index (χ1n) is 11.9. The minimum Gasteiger partial charge on any atom is -0.481 e. The van der Waals surface area contributed by atoms with Crippen molar-refractivity contribution in [1.82, 2.24) is 0 Å². The van der Waals surface area contributed by atoms with E-state index in [2.05, 4.69) is 60.7 Å². The summed E-state index contributed by atoms with van der Waals surface area (Å²) in [5.41, 5.74) is 2.25. The first kappa shape index (κ1) is 24.5. The number of rotatable bonds is 6. The maximum absolute atomic E-state index is 12.7. The van der Waals surface area contributed by atoms with Crippen LogP contribution in [0.25, 0.3) is 0 Å². The molecule has 0 spiro atoms. The predicted octanol–water partition coefficient (Wildman–Crippen LogP) is 7.72. The average molecular weight is 514 g/mol. The van der Waals surface area contributed by atoms with Gasteiger partial charge in [-0.1, -0.05) is 66.4 Å². The molecule has 182 valence electrons. The summed E-state index contributed by atoms with van der Waals surface area (Å²) in [6, 6.07) is 31.5. The molecule has 0 amide bonds. The van der Waals surface area contributed by atoms with Crippen molar-refractivity contribution in [3.63, 3.8) is 0 Å². The molecular formula is C31H29O3S2+. The molecule has 0 saturated carbocycles. The standard InChI is InChI=1S/C31H29O3S2/c1-21-18-24(36-27-16-10-8-14-25(27)35-26-15-9-11-17-28(26)36)19-22(2)30(21)33-20-29(32)34-31(3,4)23-12-6-5-7-13-23/h5-19H,20H2,1-4H3/q+1. The zero-order valence-electron chi connectivity index (χ0n) is 20.9. The molecule has 0 saturated heterocycles. The minimum atomic E-state index is -0.726. The van der Waals surface area contributed by atoms with Crippen molar-refractivity contribution >= 4 is 28.6 Å². The van der Waals surface area contributed by atoms with Gasteiger partial charge in [-0.2, -0.15) is 0 Å². The molecule has 1 heterocycles. The largest absolute Gasteiger partial charge is 0.481 e. The maximum Gasteiger partial charge on any atom is 0.345 e. The van der Waals surface area contributed by atoms with Crippen LogP contribution in [-0.4, -0.2) is 12.6 Å². The Morgan fingerprint density at radius 3 is 1.92 bits per heavy atom. The Labute approximate surface area is 220 Å². The summed E-state index contributed by atoms with van der Waals surface area (Å²) >= 11 is 1.84. The molecule has 0 aliphatic carbocycles. The van der Waals surface area contributed by atoms with Gasteiger partial charge >= 0.3 is 5.97 Å². The Balaban J connectivity index is 1.38. The number of carbonyl (C=O) groups is 1. The van der Waals surface area contributed by atoms with E-state index < -0.39 is 5.60 Å². The van der Waals surface area contributed by atoms with Gasteiger partial charge in [-0.15, -0.1) is 0 Å². The Hall–Kier alpha value is -3.15. The van der Waals surface area contributed by atoms with Crippen LogP contribution in [-0.2, 0) is 26.0 Å². The molecular weight excluding hydrogens is 484 g/mol. The summed E-state index contributed by atoms with van der Waals surface area (Å²) in [5.74, 6) is 0.352. The van der Waals surface area contributed by atoms with Crippen molar-refractivity contribution in [3.05, 3.63) is 108 Å². The maximum atomic E-state index is 12.7. The summed E-state index contributed by atoms with van der Waals surface area (Å²) in [5, 5.41) is 0. The third-order valence-corrected chi connectivity index (χ3v) is 9.91. The van der Waals surface area contributed by atoms with E-state index in [9.17, 15) is 4.79 Å². The van der Waals surface area contributed by atoms with E-state index in [0.29, 0.717) is 0 Å². The molecule has 1 aliphatic rings. The summed E-state index contributed by atoms with van der Waals surface area (Å²) in [6.07, 6.45) is 0. The van der Waals surface area contributed by atoms with Crippen molar-refractivity contribution in [2.45, 2.75) is 57.8 Å². The summed E-state index contributed by atoms with van der Waals surface area (Å²) in [4.78, 5) is 19.2. The molecule has 0 unspecified atom stereocenters. The number of hydrogen-bond donors (Lipinski definition) is 0. The smallest absolute Gasteiger partial charge is 0.345 e. The van der Waals surface area contributed by atoms with E-state index in [1.807, 2.05) is 69.8 Å². The van der Waals surface area contributed by atoms with Gasteiger partial charge in [0.2, 0.25) is 0 Å². The van der Waals surface area contributed by atoms with Crippen molar-refractivity contribution in [2.24, 2.45) is 0 Å². The molecule has 0 N–H and O–H groups in total. The molecule has 36 heavy (non-hydrogen) atoms. The van der Waals surface area contributed by atoms with E-state index >= 15 is 0 Å². The van der Waals surface area contributed by atoms with Gasteiger partial charge in [-0.25, -0.2) is 4.79 Å². The highest BCUT2D eigenvalue weighted by molar-refractivity contribution is 8.04. The number of benzene rings is 4. The Morgan fingerprint density at radius 2 is 1.33 bits per heavy atom. The third-order valence-electron chi connectivity index (χ3n) is 6.20.